The van der Waals surface area contributed by atoms with Crippen LogP contribution in [0.1, 0.15) is 49.3 Å². The SMILES string of the molecule is CCNC(=O)[C@@H](CC)N(Cc1ccc(OC)cc1)C(=O)CC(c1ccccc1)c1ccccc1. The topological polar surface area (TPSA) is 58.6 Å². The van der Waals surface area contributed by atoms with Gasteiger partial charge in [-0.1, -0.05) is 79.7 Å². The van der Waals surface area contributed by atoms with Crippen LogP contribution in [0.25, 0.3) is 0 Å². The van der Waals surface area contributed by atoms with Crippen LogP contribution in [0, 0.1) is 0 Å². The largest absolute Gasteiger partial charge is 0.497 e. The highest BCUT2D eigenvalue weighted by Crippen LogP contribution is 2.29. The lowest BCUT2D eigenvalue weighted by atomic mass is 9.88. The van der Waals surface area contributed by atoms with Crippen LogP contribution in [0.4, 0.5) is 0 Å². The fourth-order valence-electron chi connectivity index (χ4n) is 4.23. The quantitative estimate of drug-likeness (QED) is 0.432. The second-order valence-electron chi connectivity index (χ2n) is 8.27. The van der Waals surface area contributed by atoms with Gasteiger partial charge in [-0.15, -0.1) is 0 Å². The van der Waals surface area contributed by atoms with E-state index in [1.807, 2.05) is 74.5 Å². The van der Waals surface area contributed by atoms with Crippen molar-refractivity contribution >= 4 is 11.8 Å². The van der Waals surface area contributed by atoms with E-state index in [1.54, 1.807) is 12.0 Å². The van der Waals surface area contributed by atoms with E-state index in [0.29, 0.717) is 19.5 Å². The van der Waals surface area contributed by atoms with Crippen molar-refractivity contribution in [2.75, 3.05) is 13.7 Å². The summed E-state index contributed by atoms with van der Waals surface area (Å²) < 4.78 is 5.27. The third kappa shape index (κ3) is 6.47. The Balaban J connectivity index is 1.93. The second kappa shape index (κ2) is 12.6. The molecule has 0 radical (unpaired) electrons. The van der Waals surface area contributed by atoms with Gasteiger partial charge < -0.3 is 15.0 Å². The molecule has 1 atom stereocenters. The van der Waals surface area contributed by atoms with Gasteiger partial charge in [-0.05, 0) is 42.2 Å². The molecular weight excluding hydrogens is 424 g/mol. The predicted octanol–water partition coefficient (Wildman–Crippen LogP) is 5.16. The number of rotatable bonds is 11. The zero-order chi connectivity index (χ0) is 24.3. The van der Waals surface area contributed by atoms with Crippen LogP contribution in [0.5, 0.6) is 5.75 Å². The van der Waals surface area contributed by atoms with Gasteiger partial charge in [0.15, 0.2) is 0 Å². The number of amides is 2. The highest BCUT2D eigenvalue weighted by atomic mass is 16.5. The van der Waals surface area contributed by atoms with Gasteiger partial charge in [0.25, 0.3) is 0 Å². The van der Waals surface area contributed by atoms with Crippen LogP contribution in [0.3, 0.4) is 0 Å². The molecule has 0 saturated carbocycles. The van der Waals surface area contributed by atoms with Gasteiger partial charge in [0.1, 0.15) is 11.8 Å². The molecule has 0 spiro atoms. The first-order chi connectivity index (χ1) is 16.6. The Morgan fingerprint density at radius 2 is 1.41 bits per heavy atom. The molecule has 3 rings (SSSR count). The molecule has 5 nitrogen and oxygen atoms in total. The van der Waals surface area contributed by atoms with Crippen LogP contribution in [-0.4, -0.2) is 36.4 Å². The van der Waals surface area contributed by atoms with Crippen LogP contribution in [-0.2, 0) is 16.1 Å². The number of methoxy groups -OCH3 is 1. The van der Waals surface area contributed by atoms with E-state index < -0.39 is 6.04 Å². The molecule has 3 aromatic carbocycles. The van der Waals surface area contributed by atoms with Crippen molar-refractivity contribution in [3.05, 3.63) is 102 Å². The summed E-state index contributed by atoms with van der Waals surface area (Å²) in [6.07, 6.45) is 0.815. The summed E-state index contributed by atoms with van der Waals surface area (Å²) in [5.74, 6) is 0.486. The number of carbonyl (C=O) groups excluding carboxylic acids is 2. The molecule has 0 fully saturated rings. The Hall–Kier alpha value is -3.60. The Labute approximate surface area is 202 Å². The Bertz CT molecular complexity index is 996. The first kappa shape index (κ1) is 25.0. The molecule has 0 bridgehead atoms. The van der Waals surface area contributed by atoms with E-state index in [9.17, 15) is 9.59 Å². The number of nitrogens with one attached hydrogen (secondary N) is 1. The fourth-order valence-corrected chi connectivity index (χ4v) is 4.23. The van der Waals surface area contributed by atoms with Crippen molar-refractivity contribution < 1.29 is 14.3 Å². The third-order valence-electron chi connectivity index (χ3n) is 6.03. The molecule has 0 aliphatic carbocycles. The lowest BCUT2D eigenvalue weighted by molar-refractivity contribution is -0.141. The molecule has 0 aliphatic heterocycles. The molecule has 0 unspecified atom stereocenters. The number of hydrogen-bond acceptors (Lipinski definition) is 3. The smallest absolute Gasteiger partial charge is 0.242 e. The second-order valence-corrected chi connectivity index (χ2v) is 8.27. The zero-order valence-corrected chi connectivity index (χ0v) is 20.2. The summed E-state index contributed by atoms with van der Waals surface area (Å²) in [5, 5.41) is 2.90. The van der Waals surface area contributed by atoms with Crippen molar-refractivity contribution in [3.63, 3.8) is 0 Å². The van der Waals surface area contributed by atoms with Gasteiger partial charge in [0, 0.05) is 25.4 Å². The van der Waals surface area contributed by atoms with E-state index in [2.05, 4.69) is 29.6 Å². The molecule has 2 amide bonds. The Morgan fingerprint density at radius 3 is 1.88 bits per heavy atom. The molecule has 3 aromatic rings. The standard InChI is InChI=1S/C29H34N2O3/c1-4-27(29(33)30-5-2)31(21-22-16-18-25(34-3)19-17-22)28(32)20-26(23-12-8-6-9-13-23)24-14-10-7-11-15-24/h6-19,26-27H,4-5,20-21H2,1-3H3,(H,30,33)/t27-/m1/s1. The van der Waals surface area contributed by atoms with Crippen molar-refractivity contribution in [3.8, 4) is 5.75 Å². The van der Waals surface area contributed by atoms with Crippen LogP contribution < -0.4 is 10.1 Å². The van der Waals surface area contributed by atoms with Crippen LogP contribution >= 0.6 is 0 Å². The van der Waals surface area contributed by atoms with Gasteiger partial charge >= 0.3 is 0 Å². The molecule has 5 heteroatoms. The third-order valence-corrected chi connectivity index (χ3v) is 6.03. The summed E-state index contributed by atoms with van der Waals surface area (Å²) in [6, 6.07) is 27.2. The zero-order valence-electron chi connectivity index (χ0n) is 20.2. The average Bonchev–Trinajstić information content (AvgIpc) is 2.88. The first-order valence-electron chi connectivity index (χ1n) is 11.9. The fraction of sp³-hybridized carbons (Fsp3) is 0.310. The normalized spacial score (nSPS) is 11.6. The van der Waals surface area contributed by atoms with E-state index in [-0.39, 0.29) is 24.2 Å². The number of ether oxygens (including phenoxy) is 1. The molecule has 178 valence electrons. The van der Waals surface area contributed by atoms with E-state index >= 15 is 0 Å². The number of carbonyl (C=O) groups is 2. The predicted molar refractivity (Wildman–Crippen MR) is 136 cm³/mol. The van der Waals surface area contributed by atoms with Gasteiger partial charge in [-0.25, -0.2) is 0 Å². The molecule has 0 heterocycles. The summed E-state index contributed by atoms with van der Waals surface area (Å²) in [4.78, 5) is 28.5. The maximum atomic E-state index is 13.9. The van der Waals surface area contributed by atoms with E-state index in [4.69, 9.17) is 4.74 Å². The summed E-state index contributed by atoms with van der Waals surface area (Å²) >= 11 is 0. The van der Waals surface area contributed by atoms with Crippen molar-refractivity contribution in [1.82, 2.24) is 10.2 Å². The minimum Gasteiger partial charge on any atom is -0.497 e. The number of likely N-dealkylation sites (N-methyl/N-ethyl adjacent to an activating group) is 1. The number of benzene rings is 3. The average molecular weight is 459 g/mol. The maximum Gasteiger partial charge on any atom is 0.242 e. The molecule has 34 heavy (non-hydrogen) atoms. The van der Waals surface area contributed by atoms with Gasteiger partial charge in [0.2, 0.25) is 11.8 Å². The van der Waals surface area contributed by atoms with Gasteiger partial charge in [0.05, 0.1) is 7.11 Å². The maximum absolute atomic E-state index is 13.9. The molecule has 0 saturated heterocycles. The molecule has 1 N–H and O–H groups in total. The van der Waals surface area contributed by atoms with Crippen LogP contribution in [0.2, 0.25) is 0 Å². The minimum absolute atomic E-state index is 0.0494. The van der Waals surface area contributed by atoms with Crippen molar-refractivity contribution in [2.45, 2.75) is 45.2 Å². The monoisotopic (exact) mass is 458 g/mol. The number of hydrogen-bond donors (Lipinski definition) is 1. The lowest BCUT2D eigenvalue weighted by Gasteiger charge is -2.32. The lowest BCUT2D eigenvalue weighted by Crippen LogP contribution is -2.49. The number of nitrogens with zero attached hydrogens (tertiary/aromatic N) is 1. The summed E-state index contributed by atoms with van der Waals surface area (Å²) in [7, 11) is 1.63. The molecule has 0 aliphatic rings. The van der Waals surface area contributed by atoms with E-state index in [1.165, 1.54) is 0 Å². The summed E-state index contributed by atoms with van der Waals surface area (Å²) in [5.41, 5.74) is 3.11. The van der Waals surface area contributed by atoms with Crippen molar-refractivity contribution in [1.29, 1.82) is 0 Å². The molecule has 0 aromatic heterocycles. The highest BCUT2D eigenvalue weighted by Gasteiger charge is 2.30. The van der Waals surface area contributed by atoms with Crippen LogP contribution in [0.15, 0.2) is 84.9 Å². The molecular formula is C29H34N2O3. The summed E-state index contributed by atoms with van der Waals surface area (Å²) in [6.45, 7) is 4.71. The van der Waals surface area contributed by atoms with Gasteiger partial charge in [-0.3, -0.25) is 9.59 Å². The first-order valence-corrected chi connectivity index (χ1v) is 11.9. The Kier molecular flexibility index (Phi) is 9.27. The Morgan fingerprint density at radius 1 is 0.853 bits per heavy atom. The minimum atomic E-state index is -0.540. The van der Waals surface area contributed by atoms with Crippen molar-refractivity contribution in [2.24, 2.45) is 0 Å². The van der Waals surface area contributed by atoms with Gasteiger partial charge in [-0.2, -0.15) is 0 Å². The van der Waals surface area contributed by atoms with E-state index in [0.717, 1.165) is 22.4 Å². The highest BCUT2D eigenvalue weighted by molar-refractivity contribution is 5.88.